The first-order chi connectivity index (χ1) is 10.4. The van der Waals surface area contributed by atoms with Crippen LogP contribution in [0.2, 0.25) is 0 Å². The topological polar surface area (TPSA) is 60.2 Å². The zero-order valence-electron chi connectivity index (χ0n) is 12.3. The van der Waals surface area contributed by atoms with Crippen LogP contribution in [0.3, 0.4) is 0 Å². The fourth-order valence-corrected chi connectivity index (χ4v) is 3.12. The summed E-state index contributed by atoms with van der Waals surface area (Å²) in [6, 6.07) is 10.6. The van der Waals surface area contributed by atoms with Gasteiger partial charge >= 0.3 is 0 Å². The van der Waals surface area contributed by atoms with Gasteiger partial charge in [-0.1, -0.05) is 18.2 Å². The van der Waals surface area contributed by atoms with Crippen molar-refractivity contribution in [3.05, 3.63) is 42.1 Å². The van der Waals surface area contributed by atoms with E-state index in [4.69, 9.17) is 10.6 Å². The molecule has 1 aromatic carbocycles. The first kappa shape index (κ1) is 14.4. The number of hydrogen-bond acceptors (Lipinski definition) is 4. The lowest BCUT2D eigenvalue weighted by Gasteiger charge is -2.27. The predicted octanol–water partition coefficient (Wildman–Crippen LogP) is 2.57. The highest BCUT2D eigenvalue weighted by molar-refractivity contribution is 5.81. The second-order valence-corrected chi connectivity index (χ2v) is 5.78. The van der Waals surface area contributed by atoms with Gasteiger partial charge in [0.1, 0.15) is 0 Å². The summed E-state index contributed by atoms with van der Waals surface area (Å²) in [5, 5.41) is 1.21. The average Bonchev–Trinajstić information content (AvgIpc) is 2.55. The third-order valence-corrected chi connectivity index (χ3v) is 4.26. The molecule has 3 N–H and O–H groups in total. The summed E-state index contributed by atoms with van der Waals surface area (Å²) in [4.78, 5) is 4.41. The number of fused-ring (bicyclic) bond motifs is 1. The van der Waals surface area contributed by atoms with E-state index in [0.29, 0.717) is 6.10 Å². The van der Waals surface area contributed by atoms with Crippen LogP contribution in [0.4, 0.5) is 0 Å². The summed E-state index contributed by atoms with van der Waals surface area (Å²) in [5.41, 5.74) is 5.29. The first-order valence-corrected chi connectivity index (χ1v) is 7.77. The van der Waals surface area contributed by atoms with Crippen LogP contribution in [-0.2, 0) is 11.2 Å². The van der Waals surface area contributed by atoms with E-state index in [2.05, 4.69) is 28.6 Å². The van der Waals surface area contributed by atoms with Crippen molar-refractivity contribution in [2.45, 2.75) is 44.2 Å². The SMILES string of the molecule is NNC(Cc1ccnc2ccccc12)CC1CCCCO1. The van der Waals surface area contributed by atoms with Gasteiger partial charge in [-0.05, 0) is 49.8 Å². The summed E-state index contributed by atoms with van der Waals surface area (Å²) in [6.07, 6.45) is 7.68. The van der Waals surface area contributed by atoms with E-state index in [1.165, 1.54) is 23.8 Å². The third-order valence-electron chi connectivity index (χ3n) is 4.26. The predicted molar refractivity (Wildman–Crippen MR) is 84.8 cm³/mol. The van der Waals surface area contributed by atoms with Gasteiger partial charge in [-0.15, -0.1) is 0 Å². The molecule has 4 nitrogen and oxygen atoms in total. The molecule has 4 heteroatoms. The molecule has 112 valence electrons. The third kappa shape index (κ3) is 3.59. The van der Waals surface area contributed by atoms with Crippen molar-refractivity contribution in [1.29, 1.82) is 0 Å². The lowest BCUT2D eigenvalue weighted by atomic mass is 9.96. The maximum atomic E-state index is 5.83. The fourth-order valence-electron chi connectivity index (χ4n) is 3.12. The van der Waals surface area contributed by atoms with E-state index in [0.717, 1.165) is 31.4 Å². The molecule has 1 fully saturated rings. The molecule has 0 bridgehead atoms. The zero-order valence-corrected chi connectivity index (χ0v) is 12.3. The molecule has 2 heterocycles. The van der Waals surface area contributed by atoms with Crippen LogP contribution in [0.1, 0.15) is 31.2 Å². The van der Waals surface area contributed by atoms with Crippen LogP contribution in [0, 0.1) is 0 Å². The highest BCUT2D eigenvalue weighted by Crippen LogP contribution is 2.21. The summed E-state index contributed by atoms with van der Waals surface area (Å²) >= 11 is 0. The lowest BCUT2D eigenvalue weighted by molar-refractivity contribution is 0.00525. The van der Waals surface area contributed by atoms with Crippen molar-refractivity contribution >= 4 is 10.9 Å². The fraction of sp³-hybridized carbons (Fsp3) is 0.471. The van der Waals surface area contributed by atoms with Crippen LogP contribution in [-0.4, -0.2) is 23.7 Å². The number of rotatable bonds is 5. The number of nitrogens with zero attached hydrogens (tertiary/aromatic N) is 1. The van der Waals surface area contributed by atoms with Crippen molar-refractivity contribution in [3.8, 4) is 0 Å². The Labute approximate surface area is 125 Å². The first-order valence-electron chi connectivity index (χ1n) is 7.77. The van der Waals surface area contributed by atoms with E-state index >= 15 is 0 Å². The Hall–Kier alpha value is -1.49. The van der Waals surface area contributed by atoms with Gasteiger partial charge in [0.15, 0.2) is 0 Å². The van der Waals surface area contributed by atoms with Crippen LogP contribution in [0.15, 0.2) is 36.5 Å². The highest BCUT2D eigenvalue weighted by atomic mass is 16.5. The van der Waals surface area contributed by atoms with Gasteiger partial charge in [0, 0.05) is 24.2 Å². The van der Waals surface area contributed by atoms with Gasteiger partial charge in [0.25, 0.3) is 0 Å². The smallest absolute Gasteiger partial charge is 0.0704 e. The maximum absolute atomic E-state index is 5.83. The summed E-state index contributed by atoms with van der Waals surface area (Å²) in [5.74, 6) is 5.76. The molecule has 0 spiro atoms. The largest absolute Gasteiger partial charge is 0.378 e. The molecule has 21 heavy (non-hydrogen) atoms. The van der Waals surface area contributed by atoms with Crippen LogP contribution in [0.5, 0.6) is 0 Å². The van der Waals surface area contributed by atoms with Crippen molar-refractivity contribution < 1.29 is 4.74 Å². The van der Waals surface area contributed by atoms with Crippen molar-refractivity contribution in [1.82, 2.24) is 10.4 Å². The zero-order chi connectivity index (χ0) is 14.5. The number of aromatic nitrogens is 1. The Morgan fingerprint density at radius 1 is 1.29 bits per heavy atom. The molecule has 2 atom stereocenters. The molecular formula is C17H23N3O. The van der Waals surface area contributed by atoms with Crippen LogP contribution < -0.4 is 11.3 Å². The van der Waals surface area contributed by atoms with Gasteiger partial charge in [-0.3, -0.25) is 16.3 Å². The van der Waals surface area contributed by atoms with Crippen molar-refractivity contribution in [2.75, 3.05) is 6.61 Å². The lowest BCUT2D eigenvalue weighted by Crippen LogP contribution is -2.40. The van der Waals surface area contributed by atoms with E-state index in [-0.39, 0.29) is 6.04 Å². The number of para-hydroxylation sites is 1. The summed E-state index contributed by atoms with van der Waals surface area (Å²) in [7, 11) is 0. The minimum absolute atomic E-state index is 0.235. The number of ether oxygens (including phenoxy) is 1. The van der Waals surface area contributed by atoms with Gasteiger partial charge in [-0.25, -0.2) is 0 Å². The van der Waals surface area contributed by atoms with Crippen LogP contribution >= 0.6 is 0 Å². The molecule has 1 aliphatic rings. The Balaban J connectivity index is 1.72. The molecule has 1 aromatic heterocycles. The van der Waals surface area contributed by atoms with Crippen LogP contribution in [0.25, 0.3) is 10.9 Å². The maximum Gasteiger partial charge on any atom is 0.0704 e. The Morgan fingerprint density at radius 3 is 3.00 bits per heavy atom. The van der Waals surface area contributed by atoms with Gasteiger partial charge in [0.2, 0.25) is 0 Å². The molecule has 0 saturated carbocycles. The molecule has 2 unspecified atom stereocenters. The Kier molecular flexibility index (Phi) is 4.80. The molecule has 0 radical (unpaired) electrons. The number of nitrogens with two attached hydrogens (primary N) is 1. The molecule has 1 aliphatic heterocycles. The molecule has 0 aliphatic carbocycles. The van der Waals surface area contributed by atoms with E-state index < -0.39 is 0 Å². The number of nitrogens with one attached hydrogen (secondary N) is 1. The second kappa shape index (κ2) is 6.98. The monoisotopic (exact) mass is 285 g/mol. The van der Waals surface area contributed by atoms with Crippen molar-refractivity contribution in [3.63, 3.8) is 0 Å². The van der Waals surface area contributed by atoms with Gasteiger partial charge < -0.3 is 4.74 Å². The van der Waals surface area contributed by atoms with E-state index in [9.17, 15) is 0 Å². The quantitative estimate of drug-likeness (QED) is 0.655. The van der Waals surface area contributed by atoms with E-state index in [1.807, 2.05) is 18.3 Å². The molecule has 2 aromatic rings. The number of benzene rings is 1. The minimum Gasteiger partial charge on any atom is -0.378 e. The number of pyridine rings is 1. The van der Waals surface area contributed by atoms with Gasteiger partial charge in [0.05, 0.1) is 11.6 Å². The number of hydrogen-bond donors (Lipinski definition) is 2. The molecule has 1 saturated heterocycles. The minimum atomic E-state index is 0.235. The molecule has 0 amide bonds. The van der Waals surface area contributed by atoms with Gasteiger partial charge in [-0.2, -0.15) is 0 Å². The Bertz CT molecular complexity index is 576. The normalized spacial score (nSPS) is 20.5. The standard InChI is InChI=1S/C17H23N3O/c18-20-14(12-15-5-3-4-10-21-15)11-13-8-9-19-17-7-2-1-6-16(13)17/h1-2,6-9,14-15,20H,3-5,10-12,18H2. The molecule has 3 rings (SSSR count). The average molecular weight is 285 g/mol. The van der Waals surface area contributed by atoms with E-state index in [1.54, 1.807) is 0 Å². The second-order valence-electron chi connectivity index (χ2n) is 5.78. The molecular weight excluding hydrogens is 262 g/mol. The number of hydrazine groups is 1. The Morgan fingerprint density at radius 2 is 2.19 bits per heavy atom. The van der Waals surface area contributed by atoms with Crippen molar-refractivity contribution in [2.24, 2.45) is 5.84 Å². The summed E-state index contributed by atoms with van der Waals surface area (Å²) < 4.78 is 5.83. The summed E-state index contributed by atoms with van der Waals surface area (Å²) in [6.45, 7) is 0.889. The highest BCUT2D eigenvalue weighted by Gasteiger charge is 2.19.